The number of rotatable bonds is 8. The first-order chi connectivity index (χ1) is 17.7. The summed E-state index contributed by atoms with van der Waals surface area (Å²) in [5.41, 5.74) is 8.33. The first-order valence-electron chi connectivity index (χ1n) is 12.0. The molecule has 0 aliphatic carbocycles. The Bertz CT molecular complexity index is 1560. The SMILES string of the molecule is C[Si](C)(C)CCOCn1cc(-c2ccccc2)nc1-c1ncn2cc(-c3c(F)ccc(N)c3F)ncc12. The van der Waals surface area contributed by atoms with Crippen LogP contribution in [0.15, 0.2) is 67.4 Å². The number of nitrogens with zero attached hydrogens (tertiary/aromatic N) is 5. The summed E-state index contributed by atoms with van der Waals surface area (Å²) in [6, 6.07) is 13.3. The van der Waals surface area contributed by atoms with Gasteiger partial charge in [0.1, 0.15) is 24.6 Å². The van der Waals surface area contributed by atoms with E-state index in [-0.39, 0.29) is 16.9 Å². The van der Waals surface area contributed by atoms with Gasteiger partial charge in [0, 0.05) is 32.6 Å². The zero-order chi connectivity index (χ0) is 26.2. The van der Waals surface area contributed by atoms with Crippen LogP contribution in [0.1, 0.15) is 0 Å². The van der Waals surface area contributed by atoms with Crippen molar-refractivity contribution >= 4 is 19.3 Å². The van der Waals surface area contributed by atoms with Crippen LogP contribution in [0, 0.1) is 11.6 Å². The van der Waals surface area contributed by atoms with E-state index in [0.29, 0.717) is 30.4 Å². The fourth-order valence-electron chi connectivity index (χ4n) is 3.99. The molecule has 0 saturated carbocycles. The van der Waals surface area contributed by atoms with Crippen LogP contribution >= 0.6 is 0 Å². The molecule has 0 radical (unpaired) electrons. The molecule has 0 bridgehead atoms. The zero-order valence-electron chi connectivity index (χ0n) is 20.9. The number of fused-ring (bicyclic) bond motifs is 1. The Morgan fingerprint density at radius 3 is 2.51 bits per heavy atom. The molecular formula is C27H28F2N6OSi. The van der Waals surface area contributed by atoms with Gasteiger partial charge in [0.2, 0.25) is 0 Å². The van der Waals surface area contributed by atoms with Crippen molar-refractivity contribution in [3.05, 3.63) is 79.0 Å². The van der Waals surface area contributed by atoms with Crippen LogP contribution in [0.25, 0.3) is 39.5 Å². The first-order valence-corrected chi connectivity index (χ1v) is 15.7. The van der Waals surface area contributed by atoms with E-state index in [0.717, 1.165) is 23.4 Å². The number of aromatic nitrogens is 5. The van der Waals surface area contributed by atoms with Gasteiger partial charge in [0.25, 0.3) is 0 Å². The Morgan fingerprint density at radius 2 is 1.76 bits per heavy atom. The van der Waals surface area contributed by atoms with Crippen LogP contribution in [0.3, 0.4) is 0 Å². The molecule has 0 atom stereocenters. The van der Waals surface area contributed by atoms with E-state index in [2.05, 4.69) is 29.6 Å². The maximum Gasteiger partial charge on any atom is 0.163 e. The maximum atomic E-state index is 14.6. The molecule has 7 nitrogen and oxygen atoms in total. The van der Waals surface area contributed by atoms with Crippen molar-refractivity contribution in [1.82, 2.24) is 23.9 Å². The van der Waals surface area contributed by atoms with Crippen LogP contribution in [-0.2, 0) is 11.5 Å². The lowest BCUT2D eigenvalue weighted by molar-refractivity contribution is 0.0883. The van der Waals surface area contributed by atoms with Gasteiger partial charge in [0.15, 0.2) is 11.6 Å². The van der Waals surface area contributed by atoms with Crippen molar-refractivity contribution in [2.75, 3.05) is 12.3 Å². The Balaban J connectivity index is 1.53. The highest BCUT2D eigenvalue weighted by Crippen LogP contribution is 2.31. The van der Waals surface area contributed by atoms with Gasteiger partial charge in [-0.1, -0.05) is 50.0 Å². The molecule has 0 unspecified atom stereocenters. The standard InChI is InChI=1S/C27H28F2N6OSi/c1-37(2,3)12-11-36-17-35-14-21(18-7-5-4-6-8-18)33-27(35)26-23-13-31-22(15-34(23)16-32-26)24-19(28)9-10-20(30)25(24)29/h4-10,13-16H,11-12,17,30H2,1-3H3. The van der Waals surface area contributed by atoms with Crippen LogP contribution in [0.4, 0.5) is 14.5 Å². The van der Waals surface area contributed by atoms with Gasteiger partial charge < -0.3 is 19.4 Å². The number of ether oxygens (including phenoxy) is 1. The predicted molar refractivity (Wildman–Crippen MR) is 144 cm³/mol. The van der Waals surface area contributed by atoms with Crippen molar-refractivity contribution in [3.8, 4) is 34.0 Å². The van der Waals surface area contributed by atoms with E-state index in [9.17, 15) is 8.78 Å². The fraction of sp³-hybridized carbons (Fsp3) is 0.222. The Morgan fingerprint density at radius 1 is 0.973 bits per heavy atom. The number of hydrogen-bond acceptors (Lipinski definition) is 5. The Hall–Kier alpha value is -3.89. The lowest BCUT2D eigenvalue weighted by Crippen LogP contribution is -2.22. The molecule has 0 aliphatic heterocycles. The van der Waals surface area contributed by atoms with Gasteiger partial charge in [-0.15, -0.1) is 0 Å². The number of halogens is 2. The van der Waals surface area contributed by atoms with Crippen LogP contribution in [0.5, 0.6) is 0 Å². The average Bonchev–Trinajstić information content (AvgIpc) is 3.48. The molecule has 3 aromatic heterocycles. The molecule has 0 fully saturated rings. The number of imidazole rings is 2. The van der Waals surface area contributed by atoms with Gasteiger partial charge >= 0.3 is 0 Å². The third kappa shape index (κ3) is 5.16. The van der Waals surface area contributed by atoms with E-state index < -0.39 is 19.7 Å². The largest absolute Gasteiger partial charge is 0.396 e. The highest BCUT2D eigenvalue weighted by Gasteiger charge is 2.20. The van der Waals surface area contributed by atoms with Crippen molar-refractivity contribution < 1.29 is 13.5 Å². The average molecular weight is 519 g/mol. The van der Waals surface area contributed by atoms with Crippen molar-refractivity contribution in [1.29, 1.82) is 0 Å². The highest BCUT2D eigenvalue weighted by molar-refractivity contribution is 6.76. The van der Waals surface area contributed by atoms with Crippen LogP contribution in [0.2, 0.25) is 25.7 Å². The summed E-state index contributed by atoms with van der Waals surface area (Å²) in [6.07, 6.45) is 6.59. The molecule has 190 valence electrons. The number of nitrogens with two attached hydrogens (primary N) is 1. The number of benzene rings is 2. The lowest BCUT2D eigenvalue weighted by Gasteiger charge is -2.16. The molecule has 5 aromatic rings. The van der Waals surface area contributed by atoms with Gasteiger partial charge in [-0.2, -0.15) is 0 Å². The molecule has 2 aromatic carbocycles. The number of hydrogen-bond donors (Lipinski definition) is 1. The quantitative estimate of drug-likeness (QED) is 0.152. The minimum absolute atomic E-state index is 0.113. The third-order valence-electron chi connectivity index (χ3n) is 6.08. The lowest BCUT2D eigenvalue weighted by atomic mass is 10.1. The molecule has 5 rings (SSSR count). The van der Waals surface area contributed by atoms with E-state index in [4.69, 9.17) is 15.5 Å². The number of anilines is 1. The Kier molecular flexibility index (Phi) is 6.61. The molecule has 37 heavy (non-hydrogen) atoms. The molecule has 10 heteroatoms. The van der Waals surface area contributed by atoms with Crippen LogP contribution in [-0.4, -0.2) is 38.6 Å². The smallest absolute Gasteiger partial charge is 0.163 e. The summed E-state index contributed by atoms with van der Waals surface area (Å²) in [7, 11) is -1.23. The summed E-state index contributed by atoms with van der Waals surface area (Å²) >= 11 is 0. The van der Waals surface area contributed by atoms with E-state index >= 15 is 0 Å². The molecule has 2 N–H and O–H groups in total. The second-order valence-corrected chi connectivity index (χ2v) is 15.7. The van der Waals surface area contributed by atoms with Crippen LogP contribution < -0.4 is 5.73 Å². The van der Waals surface area contributed by atoms with E-state index in [1.165, 1.54) is 18.5 Å². The van der Waals surface area contributed by atoms with E-state index in [1.54, 1.807) is 10.7 Å². The Labute approximate surface area is 214 Å². The minimum atomic E-state index is -1.23. The monoisotopic (exact) mass is 518 g/mol. The third-order valence-corrected chi connectivity index (χ3v) is 7.79. The molecule has 0 aliphatic rings. The van der Waals surface area contributed by atoms with Gasteiger partial charge in [-0.25, -0.2) is 18.7 Å². The first kappa shape index (κ1) is 24.8. The molecule has 0 spiro atoms. The normalized spacial score (nSPS) is 11.9. The fourth-order valence-corrected chi connectivity index (χ4v) is 4.75. The van der Waals surface area contributed by atoms with Gasteiger partial charge in [-0.05, 0) is 18.2 Å². The van der Waals surface area contributed by atoms with Gasteiger partial charge in [0.05, 0.1) is 34.4 Å². The van der Waals surface area contributed by atoms with Gasteiger partial charge in [-0.3, -0.25) is 4.98 Å². The summed E-state index contributed by atoms with van der Waals surface area (Å²) in [6.45, 7) is 7.93. The molecular weight excluding hydrogens is 490 g/mol. The van der Waals surface area contributed by atoms with Crippen molar-refractivity contribution in [2.24, 2.45) is 0 Å². The van der Waals surface area contributed by atoms with Crippen molar-refractivity contribution in [3.63, 3.8) is 0 Å². The topological polar surface area (TPSA) is 83.3 Å². The molecule has 0 amide bonds. The highest BCUT2D eigenvalue weighted by atomic mass is 28.3. The molecule has 0 saturated heterocycles. The van der Waals surface area contributed by atoms with E-state index in [1.807, 2.05) is 41.1 Å². The van der Waals surface area contributed by atoms with Crippen molar-refractivity contribution in [2.45, 2.75) is 32.4 Å². The maximum absolute atomic E-state index is 14.6. The molecule has 3 heterocycles. The second kappa shape index (κ2) is 9.87. The number of nitrogen functional groups attached to an aromatic ring is 1. The summed E-state index contributed by atoms with van der Waals surface area (Å²) in [5.74, 6) is -0.965. The summed E-state index contributed by atoms with van der Waals surface area (Å²) in [4.78, 5) is 13.8. The zero-order valence-corrected chi connectivity index (χ0v) is 21.9. The summed E-state index contributed by atoms with van der Waals surface area (Å²) in [5, 5.41) is 0. The second-order valence-electron chi connectivity index (χ2n) is 10.1. The summed E-state index contributed by atoms with van der Waals surface area (Å²) < 4.78 is 38.7. The minimum Gasteiger partial charge on any atom is -0.396 e. The predicted octanol–water partition coefficient (Wildman–Crippen LogP) is 6.10.